The van der Waals surface area contributed by atoms with Crippen LogP contribution in [0.3, 0.4) is 0 Å². The Kier molecular flexibility index (Phi) is 5.41. The van der Waals surface area contributed by atoms with Crippen molar-refractivity contribution >= 4 is 28.3 Å². The van der Waals surface area contributed by atoms with E-state index in [1.54, 1.807) is 0 Å². The van der Waals surface area contributed by atoms with Crippen LogP contribution in [0.4, 0.5) is 5.13 Å². The van der Waals surface area contributed by atoms with Crippen LogP contribution >= 0.6 is 11.3 Å². The highest BCUT2D eigenvalue weighted by Crippen LogP contribution is 2.30. The van der Waals surface area contributed by atoms with Crippen molar-refractivity contribution in [1.82, 2.24) is 20.1 Å². The van der Waals surface area contributed by atoms with Crippen molar-refractivity contribution in [3.8, 4) is 0 Å². The number of likely N-dealkylation sites (tertiary alicyclic amines) is 1. The second-order valence-electron chi connectivity index (χ2n) is 7.06. The number of likely N-dealkylation sites (N-methyl/N-ethyl adjacent to an activating group) is 1. The maximum Gasteiger partial charge on any atom is 0.243 e. The average molecular weight is 366 g/mol. The number of carbonyl (C=O) groups excluding carboxylic acids is 2. The highest BCUT2D eigenvalue weighted by molar-refractivity contribution is 7.13. The Morgan fingerprint density at radius 1 is 1.40 bits per heavy atom. The number of piperidine rings is 1. The third kappa shape index (κ3) is 3.70. The monoisotopic (exact) mass is 365 g/mol. The van der Waals surface area contributed by atoms with E-state index in [1.807, 2.05) is 26.3 Å². The van der Waals surface area contributed by atoms with Crippen molar-refractivity contribution in [3.63, 3.8) is 0 Å². The lowest BCUT2D eigenvalue weighted by Gasteiger charge is -2.46. The number of rotatable bonds is 3. The molecule has 3 heterocycles. The molecule has 2 N–H and O–H groups in total. The molecule has 2 fully saturated rings. The zero-order valence-corrected chi connectivity index (χ0v) is 16.0. The van der Waals surface area contributed by atoms with Crippen LogP contribution in [-0.2, 0) is 9.59 Å². The van der Waals surface area contributed by atoms with E-state index in [4.69, 9.17) is 0 Å². The molecule has 0 aliphatic carbocycles. The number of nitrogens with zero attached hydrogens (tertiary/aromatic N) is 3. The molecule has 0 unspecified atom stereocenters. The van der Waals surface area contributed by atoms with Crippen molar-refractivity contribution in [2.75, 3.05) is 38.5 Å². The molecule has 0 radical (unpaired) electrons. The average Bonchev–Trinajstić information content (AvgIpc) is 2.96. The van der Waals surface area contributed by atoms with E-state index in [9.17, 15) is 9.59 Å². The second kappa shape index (κ2) is 7.39. The van der Waals surface area contributed by atoms with Gasteiger partial charge in [0.1, 0.15) is 5.54 Å². The molecule has 8 heteroatoms. The first-order valence-corrected chi connectivity index (χ1v) is 9.77. The first kappa shape index (κ1) is 18.3. The summed E-state index contributed by atoms with van der Waals surface area (Å²) in [6, 6.07) is -0.235. The summed E-state index contributed by atoms with van der Waals surface area (Å²) < 4.78 is 0. The number of aryl methyl sites for hydroxylation is 1. The summed E-state index contributed by atoms with van der Waals surface area (Å²) in [6.07, 6.45) is 2.49. The van der Waals surface area contributed by atoms with Crippen LogP contribution in [0.2, 0.25) is 0 Å². The Morgan fingerprint density at radius 2 is 2.12 bits per heavy atom. The molecule has 2 aliphatic heterocycles. The first-order chi connectivity index (χ1) is 11.9. The summed E-state index contributed by atoms with van der Waals surface area (Å²) in [5.41, 5.74) is 0.491. The van der Waals surface area contributed by atoms with E-state index < -0.39 is 5.54 Å². The minimum Gasteiger partial charge on any atom is -0.354 e. The predicted octanol–water partition coefficient (Wildman–Crippen LogP) is 1.06. The molecule has 1 aromatic rings. The van der Waals surface area contributed by atoms with Gasteiger partial charge in [0.25, 0.3) is 0 Å². The third-order valence-electron chi connectivity index (χ3n) is 5.51. The molecule has 3 rings (SSSR count). The summed E-state index contributed by atoms with van der Waals surface area (Å²) in [5.74, 6) is 0.103. The zero-order chi connectivity index (χ0) is 18.0. The maximum atomic E-state index is 12.6. The summed E-state index contributed by atoms with van der Waals surface area (Å²) in [5, 5.41) is 8.51. The van der Waals surface area contributed by atoms with Crippen LogP contribution in [0.15, 0.2) is 5.38 Å². The van der Waals surface area contributed by atoms with Crippen molar-refractivity contribution < 1.29 is 9.59 Å². The number of aromatic nitrogens is 1. The normalized spacial score (nSPS) is 23.1. The van der Waals surface area contributed by atoms with Crippen LogP contribution in [0.5, 0.6) is 0 Å². The fourth-order valence-corrected chi connectivity index (χ4v) is 4.44. The molecule has 7 nitrogen and oxygen atoms in total. The summed E-state index contributed by atoms with van der Waals surface area (Å²) in [7, 11) is 2.04. The number of carbonyl (C=O) groups is 2. The van der Waals surface area contributed by atoms with Crippen molar-refractivity contribution in [3.05, 3.63) is 11.1 Å². The molecule has 138 valence electrons. The van der Waals surface area contributed by atoms with E-state index in [0.717, 1.165) is 51.1 Å². The zero-order valence-electron chi connectivity index (χ0n) is 15.2. The largest absolute Gasteiger partial charge is 0.354 e. The van der Waals surface area contributed by atoms with E-state index in [2.05, 4.69) is 25.4 Å². The van der Waals surface area contributed by atoms with Crippen LogP contribution in [0, 0.1) is 6.92 Å². The molecule has 1 atom stereocenters. The van der Waals surface area contributed by atoms with Gasteiger partial charge in [-0.3, -0.25) is 19.4 Å². The van der Waals surface area contributed by atoms with Gasteiger partial charge < -0.3 is 10.6 Å². The fourth-order valence-electron chi connectivity index (χ4n) is 3.75. The summed E-state index contributed by atoms with van der Waals surface area (Å²) in [4.78, 5) is 33.7. The molecule has 0 bridgehead atoms. The summed E-state index contributed by atoms with van der Waals surface area (Å²) in [6.45, 7) is 6.99. The van der Waals surface area contributed by atoms with E-state index in [1.165, 1.54) is 11.3 Å². The predicted molar refractivity (Wildman–Crippen MR) is 98.7 cm³/mol. The van der Waals surface area contributed by atoms with Gasteiger partial charge in [-0.25, -0.2) is 4.98 Å². The van der Waals surface area contributed by atoms with Crippen molar-refractivity contribution in [2.45, 2.75) is 44.7 Å². The summed E-state index contributed by atoms with van der Waals surface area (Å²) >= 11 is 1.44. The number of hydrogen-bond acceptors (Lipinski definition) is 6. The van der Waals surface area contributed by atoms with E-state index >= 15 is 0 Å². The number of anilines is 1. The Labute approximate surface area is 152 Å². The molecular weight excluding hydrogens is 338 g/mol. The molecule has 2 amide bonds. The SMILES string of the molecule is Cc1csc(NC(=O)[C@@H](C)N2CCC3(CC2)C(=O)NCCCN3C)n1. The van der Waals surface area contributed by atoms with Gasteiger partial charge in [0, 0.05) is 31.6 Å². The molecule has 1 spiro atoms. The Balaban J connectivity index is 1.61. The lowest BCUT2D eigenvalue weighted by molar-refractivity contribution is -0.135. The van der Waals surface area contributed by atoms with Crippen LogP contribution in [0.25, 0.3) is 0 Å². The lowest BCUT2D eigenvalue weighted by atomic mass is 9.84. The van der Waals surface area contributed by atoms with Crippen molar-refractivity contribution in [1.29, 1.82) is 0 Å². The molecule has 2 saturated heterocycles. The maximum absolute atomic E-state index is 12.6. The molecular formula is C17H27N5O2S. The van der Waals surface area contributed by atoms with Crippen molar-refractivity contribution in [2.24, 2.45) is 0 Å². The van der Waals surface area contributed by atoms with Gasteiger partial charge in [0.15, 0.2) is 5.13 Å². The highest BCUT2D eigenvalue weighted by atomic mass is 32.1. The molecule has 0 aromatic carbocycles. The molecule has 2 aliphatic rings. The topological polar surface area (TPSA) is 77.6 Å². The van der Waals surface area contributed by atoms with Crippen LogP contribution < -0.4 is 10.6 Å². The highest BCUT2D eigenvalue weighted by Gasteiger charge is 2.46. The Bertz CT molecular complexity index is 639. The quantitative estimate of drug-likeness (QED) is 0.838. The smallest absolute Gasteiger partial charge is 0.243 e. The van der Waals surface area contributed by atoms with Gasteiger partial charge in [0.2, 0.25) is 11.8 Å². The van der Waals surface area contributed by atoms with Crippen LogP contribution in [0.1, 0.15) is 31.9 Å². The fraction of sp³-hybridized carbons (Fsp3) is 0.706. The van der Waals surface area contributed by atoms with Gasteiger partial charge >= 0.3 is 0 Å². The van der Waals surface area contributed by atoms with Crippen LogP contribution in [-0.4, -0.2) is 71.4 Å². The minimum absolute atomic E-state index is 0.0380. The first-order valence-electron chi connectivity index (χ1n) is 8.89. The number of thiazole rings is 1. The number of nitrogens with one attached hydrogen (secondary N) is 2. The lowest BCUT2D eigenvalue weighted by Crippen LogP contribution is -2.62. The van der Waals surface area contributed by atoms with Gasteiger partial charge in [-0.05, 0) is 40.2 Å². The third-order valence-corrected chi connectivity index (χ3v) is 6.39. The standard InChI is InChI=1S/C17H27N5O2S/c1-12-11-25-16(19-12)20-14(23)13(2)22-9-5-17(6-10-22)15(24)18-7-4-8-21(17)3/h11,13H,4-10H2,1-3H3,(H,18,24)(H,19,20,23)/t13-/m1/s1. The Morgan fingerprint density at radius 3 is 2.76 bits per heavy atom. The molecule has 0 saturated carbocycles. The van der Waals surface area contributed by atoms with Gasteiger partial charge in [-0.15, -0.1) is 11.3 Å². The number of hydrogen-bond donors (Lipinski definition) is 2. The second-order valence-corrected chi connectivity index (χ2v) is 7.92. The van der Waals surface area contributed by atoms with E-state index in [-0.39, 0.29) is 17.9 Å². The minimum atomic E-state index is -0.421. The molecule has 25 heavy (non-hydrogen) atoms. The van der Waals surface area contributed by atoms with Gasteiger partial charge in [-0.2, -0.15) is 0 Å². The number of amides is 2. The van der Waals surface area contributed by atoms with E-state index in [0.29, 0.717) is 5.13 Å². The van der Waals surface area contributed by atoms with Gasteiger partial charge in [-0.1, -0.05) is 0 Å². The molecule has 1 aromatic heterocycles. The van der Waals surface area contributed by atoms with Gasteiger partial charge in [0.05, 0.1) is 11.7 Å². The Hall–Kier alpha value is -1.51.